The van der Waals surface area contributed by atoms with Gasteiger partial charge in [0.2, 0.25) is 0 Å². The summed E-state index contributed by atoms with van der Waals surface area (Å²) in [6, 6.07) is 15.5. The Hall–Kier alpha value is -3.81. The van der Waals surface area contributed by atoms with Gasteiger partial charge < -0.3 is 19.3 Å². The van der Waals surface area contributed by atoms with E-state index in [1.54, 1.807) is 28.5 Å². The third kappa shape index (κ3) is 4.76. The van der Waals surface area contributed by atoms with E-state index in [4.69, 9.17) is 14.6 Å². The topological polar surface area (TPSA) is 76.9 Å². The van der Waals surface area contributed by atoms with Crippen LogP contribution < -0.4 is 4.74 Å². The molecule has 4 rings (SSSR count). The molecule has 2 aromatic carbocycles. The molecule has 34 heavy (non-hydrogen) atoms. The van der Waals surface area contributed by atoms with Crippen LogP contribution in [0.5, 0.6) is 5.75 Å². The molecule has 2 amide bonds. The highest BCUT2D eigenvalue weighted by atomic mass is 16.6. The molecule has 0 saturated carbocycles. The maximum absolute atomic E-state index is 13.6. The van der Waals surface area contributed by atoms with Crippen LogP contribution in [-0.2, 0) is 4.74 Å². The Morgan fingerprint density at radius 2 is 1.71 bits per heavy atom. The van der Waals surface area contributed by atoms with Gasteiger partial charge in [-0.3, -0.25) is 4.79 Å². The minimum atomic E-state index is -0.338. The number of hydrogen-bond donors (Lipinski definition) is 0. The van der Waals surface area contributed by atoms with Crippen LogP contribution in [0.4, 0.5) is 4.79 Å². The van der Waals surface area contributed by atoms with Gasteiger partial charge in [0.25, 0.3) is 5.91 Å². The third-order valence-electron chi connectivity index (χ3n) is 5.97. The Kier molecular flexibility index (Phi) is 6.86. The van der Waals surface area contributed by atoms with Gasteiger partial charge in [0.15, 0.2) is 0 Å². The highest BCUT2D eigenvalue weighted by Gasteiger charge is 2.28. The number of carbonyl (C=O) groups excluding carboxylic acids is 2. The Labute approximate surface area is 199 Å². The van der Waals surface area contributed by atoms with Gasteiger partial charge in [-0.1, -0.05) is 29.8 Å². The molecule has 0 atom stereocenters. The summed E-state index contributed by atoms with van der Waals surface area (Å²) in [5, 5.41) is 4.83. The first-order valence-electron chi connectivity index (χ1n) is 11.4. The lowest BCUT2D eigenvalue weighted by Gasteiger charge is -2.34. The minimum absolute atomic E-state index is 0.120. The Morgan fingerprint density at radius 1 is 0.971 bits per heavy atom. The number of hydrogen-bond acceptors (Lipinski definition) is 5. The van der Waals surface area contributed by atoms with E-state index in [9.17, 15) is 9.59 Å². The average Bonchev–Trinajstić information content (AvgIpc) is 3.29. The monoisotopic (exact) mass is 462 g/mol. The van der Waals surface area contributed by atoms with Crippen molar-refractivity contribution in [3.63, 3.8) is 0 Å². The van der Waals surface area contributed by atoms with E-state index >= 15 is 0 Å². The zero-order valence-corrected chi connectivity index (χ0v) is 20.1. The molecule has 0 bridgehead atoms. The lowest BCUT2D eigenvalue weighted by atomic mass is 10.1. The van der Waals surface area contributed by atoms with Gasteiger partial charge in [-0.2, -0.15) is 5.10 Å². The summed E-state index contributed by atoms with van der Waals surface area (Å²) in [4.78, 5) is 29.1. The normalized spacial score (nSPS) is 13.6. The van der Waals surface area contributed by atoms with Gasteiger partial charge in [0, 0.05) is 31.7 Å². The van der Waals surface area contributed by atoms with Crippen molar-refractivity contribution in [2.75, 3.05) is 39.9 Å². The van der Waals surface area contributed by atoms with E-state index in [1.807, 2.05) is 56.3 Å². The molecule has 1 aromatic heterocycles. The molecule has 8 nitrogen and oxygen atoms in total. The van der Waals surface area contributed by atoms with Gasteiger partial charge in [0.05, 0.1) is 25.1 Å². The lowest BCUT2D eigenvalue weighted by molar-refractivity contribution is 0.0563. The predicted octanol–water partition coefficient (Wildman–Crippen LogP) is 4.08. The van der Waals surface area contributed by atoms with Crippen LogP contribution in [0.3, 0.4) is 0 Å². The minimum Gasteiger partial charge on any atom is -0.497 e. The maximum Gasteiger partial charge on any atom is 0.409 e. The summed E-state index contributed by atoms with van der Waals surface area (Å²) in [6.07, 6.45) is -0.338. The van der Waals surface area contributed by atoms with Gasteiger partial charge in [-0.05, 0) is 50.6 Å². The fourth-order valence-corrected chi connectivity index (χ4v) is 4.15. The molecule has 2 heterocycles. The van der Waals surface area contributed by atoms with Crippen molar-refractivity contribution in [3.8, 4) is 22.7 Å². The summed E-state index contributed by atoms with van der Waals surface area (Å²) < 4.78 is 12.2. The molecule has 8 heteroatoms. The first-order chi connectivity index (χ1) is 16.4. The number of carbonyl (C=O) groups is 2. The van der Waals surface area contributed by atoms with Crippen LogP contribution in [0.2, 0.25) is 0 Å². The molecule has 0 radical (unpaired) electrons. The molecule has 0 aliphatic carbocycles. The molecule has 1 fully saturated rings. The van der Waals surface area contributed by atoms with E-state index in [1.165, 1.54) is 0 Å². The first kappa shape index (κ1) is 23.4. The molecular weight excluding hydrogens is 432 g/mol. The average molecular weight is 463 g/mol. The van der Waals surface area contributed by atoms with Crippen LogP contribution in [0, 0.1) is 13.8 Å². The summed E-state index contributed by atoms with van der Waals surface area (Å²) >= 11 is 0. The van der Waals surface area contributed by atoms with Gasteiger partial charge in [-0.15, -0.1) is 0 Å². The number of amides is 2. The van der Waals surface area contributed by atoms with Gasteiger partial charge >= 0.3 is 6.09 Å². The number of methoxy groups -OCH3 is 1. The van der Waals surface area contributed by atoms with E-state index in [-0.39, 0.29) is 12.0 Å². The summed E-state index contributed by atoms with van der Waals surface area (Å²) in [5.41, 5.74) is 5.06. The molecule has 1 saturated heterocycles. The maximum atomic E-state index is 13.6. The van der Waals surface area contributed by atoms with Crippen molar-refractivity contribution < 1.29 is 19.1 Å². The number of piperazine rings is 1. The lowest BCUT2D eigenvalue weighted by Crippen LogP contribution is -2.51. The van der Waals surface area contributed by atoms with Crippen LogP contribution >= 0.6 is 0 Å². The standard InChI is InChI=1S/C26H30N4O4/c1-5-34-26(32)29-13-11-28(12-14-29)25(31)24-17-22(20-7-6-8-21(16-20)33-4)27-30(24)23-10-9-18(2)15-19(23)3/h6-10,15-17H,5,11-14H2,1-4H3. The van der Waals surface area contributed by atoms with Crippen molar-refractivity contribution in [1.82, 2.24) is 19.6 Å². The number of aromatic nitrogens is 2. The van der Waals surface area contributed by atoms with E-state index in [2.05, 4.69) is 6.07 Å². The highest BCUT2D eigenvalue weighted by molar-refractivity contribution is 5.94. The zero-order chi connectivity index (χ0) is 24.2. The molecule has 0 spiro atoms. The molecule has 1 aliphatic heterocycles. The zero-order valence-electron chi connectivity index (χ0n) is 20.1. The molecule has 0 unspecified atom stereocenters. The van der Waals surface area contributed by atoms with Crippen LogP contribution in [0.15, 0.2) is 48.5 Å². The second-order valence-corrected chi connectivity index (χ2v) is 8.33. The van der Waals surface area contributed by atoms with E-state index in [0.29, 0.717) is 44.2 Å². The van der Waals surface area contributed by atoms with Gasteiger partial charge in [0.1, 0.15) is 11.4 Å². The number of benzene rings is 2. The van der Waals surface area contributed by atoms with Gasteiger partial charge in [-0.25, -0.2) is 9.48 Å². The number of nitrogens with zero attached hydrogens (tertiary/aromatic N) is 4. The summed E-state index contributed by atoms with van der Waals surface area (Å²) in [5.74, 6) is 0.603. The molecule has 3 aromatic rings. The van der Waals surface area contributed by atoms with Crippen molar-refractivity contribution in [3.05, 3.63) is 65.4 Å². The quantitative estimate of drug-likeness (QED) is 0.571. The molecule has 178 valence electrons. The Balaban J connectivity index is 1.68. The third-order valence-corrected chi connectivity index (χ3v) is 5.97. The smallest absolute Gasteiger partial charge is 0.409 e. The van der Waals surface area contributed by atoms with E-state index < -0.39 is 0 Å². The van der Waals surface area contributed by atoms with Crippen molar-refractivity contribution >= 4 is 12.0 Å². The van der Waals surface area contributed by atoms with Crippen LogP contribution in [0.25, 0.3) is 16.9 Å². The highest BCUT2D eigenvalue weighted by Crippen LogP contribution is 2.27. The predicted molar refractivity (Wildman–Crippen MR) is 130 cm³/mol. The largest absolute Gasteiger partial charge is 0.497 e. The molecule has 1 aliphatic rings. The second kappa shape index (κ2) is 9.99. The number of aryl methyl sites for hydroxylation is 2. The first-order valence-corrected chi connectivity index (χ1v) is 11.4. The molecule has 0 N–H and O–H groups in total. The van der Waals surface area contributed by atoms with Crippen molar-refractivity contribution in [1.29, 1.82) is 0 Å². The van der Waals surface area contributed by atoms with Crippen molar-refractivity contribution in [2.45, 2.75) is 20.8 Å². The molecular formula is C26H30N4O4. The number of rotatable bonds is 5. The Bertz CT molecular complexity index is 1200. The van der Waals surface area contributed by atoms with Crippen LogP contribution in [0.1, 0.15) is 28.5 Å². The second-order valence-electron chi connectivity index (χ2n) is 8.33. The summed E-state index contributed by atoms with van der Waals surface area (Å²) in [7, 11) is 1.62. The van der Waals surface area contributed by atoms with E-state index in [0.717, 1.165) is 28.1 Å². The summed E-state index contributed by atoms with van der Waals surface area (Å²) in [6.45, 7) is 7.91. The van der Waals surface area contributed by atoms with Crippen molar-refractivity contribution in [2.24, 2.45) is 0 Å². The fourth-order valence-electron chi connectivity index (χ4n) is 4.15. The fraction of sp³-hybridized carbons (Fsp3) is 0.346. The van der Waals surface area contributed by atoms with Crippen LogP contribution in [-0.4, -0.2) is 71.5 Å². The Morgan fingerprint density at radius 3 is 2.38 bits per heavy atom. The SMILES string of the molecule is CCOC(=O)N1CCN(C(=O)c2cc(-c3cccc(OC)c3)nn2-c2ccc(C)cc2C)CC1. The number of ether oxygens (including phenoxy) is 2.